The van der Waals surface area contributed by atoms with E-state index in [1.807, 2.05) is 24.3 Å². The Labute approximate surface area is 142 Å². The number of ether oxygens (including phenoxy) is 1. The van der Waals surface area contributed by atoms with Crippen molar-refractivity contribution in [3.63, 3.8) is 0 Å². The van der Waals surface area contributed by atoms with E-state index in [4.69, 9.17) is 22.1 Å². The largest absolute Gasteiger partial charge is 0.381 e. The second-order valence-corrected chi connectivity index (χ2v) is 7.15. The number of amides is 1. The van der Waals surface area contributed by atoms with Crippen molar-refractivity contribution >= 4 is 17.5 Å². The fourth-order valence-electron chi connectivity index (χ4n) is 3.97. The van der Waals surface area contributed by atoms with E-state index in [1.165, 1.54) is 0 Å². The van der Waals surface area contributed by atoms with Crippen molar-refractivity contribution in [2.75, 3.05) is 19.8 Å². The molecule has 2 fully saturated rings. The lowest BCUT2D eigenvalue weighted by atomic mass is 9.73. The van der Waals surface area contributed by atoms with Gasteiger partial charge >= 0.3 is 0 Å². The first-order valence-corrected chi connectivity index (χ1v) is 8.88. The van der Waals surface area contributed by atoms with E-state index in [1.54, 1.807) is 0 Å². The third kappa shape index (κ3) is 3.39. The highest BCUT2D eigenvalue weighted by Crippen LogP contribution is 2.37. The van der Waals surface area contributed by atoms with Gasteiger partial charge in [0.25, 0.3) is 0 Å². The Bertz CT molecular complexity index is 558. The molecule has 3 rings (SSSR count). The van der Waals surface area contributed by atoms with Gasteiger partial charge in [-0.15, -0.1) is 0 Å². The normalized spacial score (nSPS) is 26.9. The SMILES string of the molecule is NCC1CCCC1NC(=O)C1(c2cccc(Cl)c2)CCOCC1. The summed E-state index contributed by atoms with van der Waals surface area (Å²) >= 11 is 6.17. The molecule has 5 heteroatoms. The van der Waals surface area contributed by atoms with Gasteiger partial charge in [0.15, 0.2) is 0 Å². The minimum atomic E-state index is -0.537. The van der Waals surface area contributed by atoms with E-state index in [0.717, 1.165) is 24.8 Å². The van der Waals surface area contributed by atoms with Gasteiger partial charge in [-0.1, -0.05) is 30.2 Å². The third-order valence-corrected chi connectivity index (χ3v) is 5.67. The maximum Gasteiger partial charge on any atom is 0.231 e. The van der Waals surface area contributed by atoms with Crippen LogP contribution in [0.1, 0.15) is 37.7 Å². The molecule has 4 nitrogen and oxygen atoms in total. The van der Waals surface area contributed by atoms with Gasteiger partial charge in [0.2, 0.25) is 5.91 Å². The molecule has 23 heavy (non-hydrogen) atoms. The summed E-state index contributed by atoms with van der Waals surface area (Å²) in [5, 5.41) is 3.96. The van der Waals surface area contributed by atoms with Crippen LogP contribution in [0.2, 0.25) is 5.02 Å². The standard InChI is InChI=1S/C18H25ClN2O2/c19-15-5-2-4-14(11-15)18(7-9-23-10-8-18)17(22)21-16-6-1-3-13(16)12-20/h2,4-5,11,13,16H,1,3,6-10,12,20H2,(H,21,22). The first-order chi connectivity index (χ1) is 11.2. The van der Waals surface area contributed by atoms with Crippen LogP contribution >= 0.6 is 11.6 Å². The Balaban J connectivity index is 1.85. The molecule has 3 N–H and O–H groups in total. The zero-order chi connectivity index (χ0) is 16.3. The van der Waals surface area contributed by atoms with Gasteiger partial charge in [-0.3, -0.25) is 4.79 Å². The molecule has 1 saturated carbocycles. The molecule has 126 valence electrons. The molecule has 1 aliphatic heterocycles. The second kappa shape index (κ2) is 7.20. The van der Waals surface area contributed by atoms with E-state index < -0.39 is 5.41 Å². The summed E-state index contributed by atoms with van der Waals surface area (Å²) < 4.78 is 5.51. The average molecular weight is 337 g/mol. The van der Waals surface area contributed by atoms with Gasteiger partial charge in [0, 0.05) is 24.3 Å². The van der Waals surface area contributed by atoms with Gasteiger partial charge in [-0.25, -0.2) is 0 Å². The van der Waals surface area contributed by atoms with Crippen LogP contribution < -0.4 is 11.1 Å². The number of hydrogen-bond acceptors (Lipinski definition) is 3. The summed E-state index contributed by atoms with van der Waals surface area (Å²) in [6, 6.07) is 7.89. The Morgan fingerprint density at radius 3 is 2.83 bits per heavy atom. The van der Waals surface area contributed by atoms with E-state index in [2.05, 4.69) is 5.32 Å². The maximum atomic E-state index is 13.2. The molecule has 2 atom stereocenters. The fraction of sp³-hybridized carbons (Fsp3) is 0.611. The number of hydrogen-bond donors (Lipinski definition) is 2. The molecule has 1 aromatic rings. The van der Waals surface area contributed by atoms with Crippen LogP contribution in [0, 0.1) is 5.92 Å². The van der Waals surface area contributed by atoms with Crippen molar-refractivity contribution < 1.29 is 9.53 Å². The summed E-state index contributed by atoms with van der Waals surface area (Å²) in [6.45, 7) is 1.84. The number of rotatable bonds is 4. The molecule has 1 heterocycles. The molecule has 0 aromatic heterocycles. The van der Waals surface area contributed by atoms with Gasteiger partial charge in [-0.05, 0) is 55.8 Å². The van der Waals surface area contributed by atoms with Crippen LogP contribution in [0.5, 0.6) is 0 Å². The molecule has 2 aliphatic rings. The monoisotopic (exact) mass is 336 g/mol. The van der Waals surface area contributed by atoms with Gasteiger partial charge in [0.05, 0.1) is 5.41 Å². The summed E-state index contributed by atoms with van der Waals surface area (Å²) in [7, 11) is 0. The quantitative estimate of drug-likeness (QED) is 0.888. The number of benzene rings is 1. The summed E-state index contributed by atoms with van der Waals surface area (Å²) in [4.78, 5) is 13.2. The van der Waals surface area contributed by atoms with E-state index in [-0.39, 0.29) is 11.9 Å². The molecule has 2 unspecified atom stereocenters. The predicted octanol–water partition coefficient (Wildman–Crippen LogP) is 2.63. The molecular formula is C18H25ClN2O2. The van der Waals surface area contributed by atoms with Gasteiger partial charge in [-0.2, -0.15) is 0 Å². The highest BCUT2D eigenvalue weighted by atomic mass is 35.5. The molecule has 0 bridgehead atoms. The second-order valence-electron chi connectivity index (χ2n) is 6.71. The first kappa shape index (κ1) is 16.7. The van der Waals surface area contributed by atoms with E-state index in [0.29, 0.717) is 43.5 Å². The zero-order valence-electron chi connectivity index (χ0n) is 13.4. The highest BCUT2D eigenvalue weighted by Gasteiger charge is 2.43. The van der Waals surface area contributed by atoms with Crippen LogP contribution in [-0.2, 0) is 14.9 Å². The lowest BCUT2D eigenvalue weighted by Gasteiger charge is -2.37. The minimum absolute atomic E-state index is 0.105. The minimum Gasteiger partial charge on any atom is -0.381 e. The third-order valence-electron chi connectivity index (χ3n) is 5.44. The average Bonchev–Trinajstić information content (AvgIpc) is 3.02. The maximum absolute atomic E-state index is 13.2. The summed E-state index contributed by atoms with van der Waals surface area (Å²) in [5.74, 6) is 0.503. The lowest BCUT2D eigenvalue weighted by Crippen LogP contribution is -2.52. The van der Waals surface area contributed by atoms with Crippen LogP contribution in [-0.4, -0.2) is 31.7 Å². The summed E-state index contributed by atoms with van der Waals surface area (Å²) in [6.07, 6.45) is 4.66. The molecule has 0 spiro atoms. The number of nitrogens with two attached hydrogens (primary N) is 1. The van der Waals surface area contributed by atoms with Gasteiger partial charge < -0.3 is 15.8 Å². The number of halogens is 1. The van der Waals surface area contributed by atoms with Crippen molar-refractivity contribution in [2.24, 2.45) is 11.7 Å². The highest BCUT2D eigenvalue weighted by molar-refractivity contribution is 6.30. The Morgan fingerprint density at radius 2 is 2.13 bits per heavy atom. The Hall–Kier alpha value is -1.10. The first-order valence-electron chi connectivity index (χ1n) is 8.50. The van der Waals surface area contributed by atoms with Crippen molar-refractivity contribution in [3.05, 3.63) is 34.9 Å². The Kier molecular flexibility index (Phi) is 5.24. The van der Waals surface area contributed by atoms with E-state index >= 15 is 0 Å². The molecule has 0 radical (unpaired) electrons. The van der Waals surface area contributed by atoms with Crippen molar-refractivity contribution in [1.29, 1.82) is 0 Å². The number of nitrogens with one attached hydrogen (secondary N) is 1. The topological polar surface area (TPSA) is 64.3 Å². The zero-order valence-corrected chi connectivity index (χ0v) is 14.1. The number of carbonyl (C=O) groups is 1. The molecular weight excluding hydrogens is 312 g/mol. The van der Waals surface area contributed by atoms with Crippen molar-refractivity contribution in [3.8, 4) is 0 Å². The van der Waals surface area contributed by atoms with Crippen LogP contribution in [0.3, 0.4) is 0 Å². The molecule has 1 aromatic carbocycles. The fourth-order valence-corrected chi connectivity index (χ4v) is 4.16. The predicted molar refractivity (Wildman–Crippen MR) is 91.5 cm³/mol. The van der Waals surface area contributed by atoms with Crippen molar-refractivity contribution in [2.45, 2.75) is 43.6 Å². The summed E-state index contributed by atoms with van der Waals surface area (Å²) in [5.41, 5.74) is 6.31. The molecule has 1 amide bonds. The smallest absolute Gasteiger partial charge is 0.231 e. The lowest BCUT2D eigenvalue weighted by molar-refractivity contribution is -0.131. The number of carbonyl (C=O) groups excluding carboxylic acids is 1. The Morgan fingerprint density at radius 1 is 1.35 bits per heavy atom. The van der Waals surface area contributed by atoms with Gasteiger partial charge in [0.1, 0.15) is 0 Å². The van der Waals surface area contributed by atoms with Crippen LogP contribution in [0.4, 0.5) is 0 Å². The van der Waals surface area contributed by atoms with Crippen LogP contribution in [0.15, 0.2) is 24.3 Å². The van der Waals surface area contributed by atoms with E-state index in [9.17, 15) is 4.79 Å². The van der Waals surface area contributed by atoms with Crippen molar-refractivity contribution in [1.82, 2.24) is 5.32 Å². The molecule has 1 aliphatic carbocycles. The molecule has 1 saturated heterocycles. The van der Waals surface area contributed by atoms with Crippen LogP contribution in [0.25, 0.3) is 0 Å².